The summed E-state index contributed by atoms with van der Waals surface area (Å²) in [6.07, 6.45) is 2.71. The summed E-state index contributed by atoms with van der Waals surface area (Å²) in [5, 5.41) is 3.56. The van der Waals surface area contributed by atoms with Gasteiger partial charge in [-0.1, -0.05) is 63.5 Å². The van der Waals surface area contributed by atoms with Crippen LogP contribution in [0.3, 0.4) is 0 Å². The third-order valence-corrected chi connectivity index (χ3v) is 5.23. The Bertz CT molecular complexity index is 627. The molecule has 20 heavy (non-hydrogen) atoms. The molecule has 3 nitrogen and oxygen atoms in total. The van der Waals surface area contributed by atoms with Gasteiger partial charge < -0.3 is 5.32 Å². The summed E-state index contributed by atoms with van der Waals surface area (Å²) >= 11 is 8.42. The van der Waals surface area contributed by atoms with E-state index in [1.807, 2.05) is 6.07 Å². The van der Waals surface area contributed by atoms with Crippen molar-refractivity contribution in [1.82, 2.24) is 4.98 Å². The Hall–Kier alpha value is -0.460. The molecule has 0 bridgehead atoms. The molecule has 108 valence electrons. The third kappa shape index (κ3) is 3.59. The van der Waals surface area contributed by atoms with Crippen LogP contribution in [0.15, 0.2) is 16.6 Å². The molecule has 0 fully saturated rings. The summed E-state index contributed by atoms with van der Waals surface area (Å²) < 4.78 is 2.14. The molecule has 1 N–H and O–H groups in total. The third-order valence-electron chi connectivity index (χ3n) is 2.98. The van der Waals surface area contributed by atoms with Crippen LogP contribution in [-0.4, -0.2) is 15.7 Å². The first kappa shape index (κ1) is 15.9. The number of aromatic nitrogens is 1. The van der Waals surface area contributed by atoms with Crippen molar-refractivity contribution in [2.24, 2.45) is 0 Å². The van der Waals surface area contributed by atoms with Crippen LogP contribution >= 0.6 is 43.2 Å². The molecule has 0 spiro atoms. The fraction of sp³-hybridized carbons (Fsp3) is 0.429. The number of carbonyl (C=O) groups is 1. The summed E-state index contributed by atoms with van der Waals surface area (Å²) in [5.41, 5.74) is 2.17. The van der Waals surface area contributed by atoms with Gasteiger partial charge >= 0.3 is 0 Å². The molecule has 0 aliphatic rings. The number of nitrogens with zero attached hydrogens (tertiary/aromatic N) is 1. The Balaban J connectivity index is 2.26. The molecular weight excluding hydrogens is 404 g/mol. The van der Waals surface area contributed by atoms with Gasteiger partial charge in [0.2, 0.25) is 5.91 Å². The average Bonchev–Trinajstić information content (AvgIpc) is 2.79. The van der Waals surface area contributed by atoms with E-state index < -0.39 is 0 Å². The van der Waals surface area contributed by atoms with E-state index in [9.17, 15) is 4.79 Å². The zero-order chi connectivity index (χ0) is 14.7. The number of aryl methyl sites for hydroxylation is 1. The molecule has 1 aromatic carbocycles. The second-order valence-corrected chi connectivity index (χ2v) is 7.58. The van der Waals surface area contributed by atoms with E-state index in [0.29, 0.717) is 5.13 Å². The van der Waals surface area contributed by atoms with Gasteiger partial charge in [0.05, 0.1) is 15.0 Å². The Kier molecular flexibility index (Phi) is 5.57. The molecule has 0 aliphatic heterocycles. The number of alkyl halides is 1. The number of fused-ring (bicyclic) bond motifs is 1. The van der Waals surface area contributed by atoms with Crippen LogP contribution in [0, 0.1) is 0 Å². The number of carbonyl (C=O) groups excluding carboxylic acids is 1. The second kappa shape index (κ2) is 7.00. The Morgan fingerprint density at radius 3 is 2.85 bits per heavy atom. The van der Waals surface area contributed by atoms with Gasteiger partial charge in [-0.3, -0.25) is 4.79 Å². The monoisotopic (exact) mass is 418 g/mol. The zero-order valence-electron chi connectivity index (χ0n) is 11.4. The topological polar surface area (TPSA) is 42.0 Å². The zero-order valence-corrected chi connectivity index (χ0v) is 15.4. The lowest BCUT2D eigenvalue weighted by molar-refractivity contribution is -0.115. The number of amides is 1. The van der Waals surface area contributed by atoms with Crippen molar-refractivity contribution in [3.05, 3.63) is 22.2 Å². The predicted octanol–water partition coefficient (Wildman–Crippen LogP) is 5.12. The van der Waals surface area contributed by atoms with Gasteiger partial charge in [0.15, 0.2) is 5.13 Å². The molecule has 1 unspecified atom stereocenters. The van der Waals surface area contributed by atoms with Crippen LogP contribution in [-0.2, 0) is 11.2 Å². The van der Waals surface area contributed by atoms with Crippen molar-refractivity contribution in [1.29, 1.82) is 0 Å². The number of thiazole rings is 1. The Morgan fingerprint density at radius 1 is 1.45 bits per heavy atom. The summed E-state index contributed by atoms with van der Waals surface area (Å²) in [5.74, 6) is -0.0250. The summed E-state index contributed by atoms with van der Waals surface area (Å²) in [6.45, 7) is 4.17. The molecule has 2 rings (SSSR count). The van der Waals surface area contributed by atoms with E-state index in [2.05, 4.69) is 62.1 Å². The van der Waals surface area contributed by atoms with Crippen molar-refractivity contribution in [3.8, 4) is 0 Å². The number of nitrogens with one attached hydrogen (secondary N) is 1. The summed E-state index contributed by atoms with van der Waals surface area (Å²) in [4.78, 5) is 16.4. The maximum atomic E-state index is 12.0. The standard InChI is InChI=1S/C14H16Br2N2OS/c1-3-5-10(16)13(19)18-14-17-12-8(4-2)6-9(15)7-11(12)20-14/h6-7,10H,3-5H2,1-2H3,(H,17,18,19). The highest BCUT2D eigenvalue weighted by molar-refractivity contribution is 9.10. The number of benzene rings is 1. The molecule has 0 aliphatic carbocycles. The van der Waals surface area contributed by atoms with E-state index in [0.717, 1.165) is 34.0 Å². The SMILES string of the molecule is CCCC(Br)C(=O)Nc1nc2c(CC)cc(Br)cc2s1. The highest BCUT2D eigenvalue weighted by atomic mass is 79.9. The number of rotatable bonds is 5. The van der Waals surface area contributed by atoms with Gasteiger partial charge in [-0.2, -0.15) is 0 Å². The van der Waals surface area contributed by atoms with Crippen molar-refractivity contribution >= 4 is 64.5 Å². The van der Waals surface area contributed by atoms with Gasteiger partial charge in [0.1, 0.15) is 0 Å². The molecular formula is C14H16Br2N2OS. The Morgan fingerprint density at radius 2 is 2.20 bits per heavy atom. The predicted molar refractivity (Wildman–Crippen MR) is 93.0 cm³/mol. The van der Waals surface area contributed by atoms with Crippen LogP contribution in [0.4, 0.5) is 5.13 Å². The first-order valence-corrected chi connectivity index (χ1v) is 9.11. The molecule has 1 amide bonds. The lowest BCUT2D eigenvalue weighted by Crippen LogP contribution is -2.22. The minimum absolute atomic E-state index is 0.0250. The lowest BCUT2D eigenvalue weighted by atomic mass is 10.1. The fourth-order valence-electron chi connectivity index (χ4n) is 1.95. The minimum Gasteiger partial charge on any atom is -0.301 e. The van der Waals surface area contributed by atoms with Gasteiger partial charge in [0, 0.05) is 4.47 Å². The number of hydrogen-bond donors (Lipinski definition) is 1. The molecule has 0 radical (unpaired) electrons. The lowest BCUT2D eigenvalue weighted by Gasteiger charge is -2.06. The molecule has 0 saturated carbocycles. The van der Waals surface area contributed by atoms with Crippen LogP contribution in [0.1, 0.15) is 32.3 Å². The smallest absolute Gasteiger partial charge is 0.239 e. The average molecular weight is 420 g/mol. The van der Waals surface area contributed by atoms with Gasteiger partial charge in [-0.05, 0) is 30.5 Å². The second-order valence-electron chi connectivity index (χ2n) is 4.53. The number of anilines is 1. The van der Waals surface area contributed by atoms with Gasteiger partial charge in [0.25, 0.3) is 0 Å². The first-order valence-electron chi connectivity index (χ1n) is 6.59. The summed E-state index contributed by atoms with van der Waals surface area (Å²) in [7, 11) is 0. The van der Waals surface area contributed by atoms with Crippen LogP contribution in [0.2, 0.25) is 0 Å². The minimum atomic E-state index is -0.156. The first-order chi connectivity index (χ1) is 9.55. The van der Waals surface area contributed by atoms with Crippen LogP contribution < -0.4 is 5.32 Å². The van der Waals surface area contributed by atoms with Gasteiger partial charge in [-0.15, -0.1) is 0 Å². The maximum Gasteiger partial charge on any atom is 0.239 e. The van der Waals surface area contributed by atoms with Crippen molar-refractivity contribution < 1.29 is 4.79 Å². The van der Waals surface area contributed by atoms with E-state index in [1.165, 1.54) is 16.9 Å². The normalized spacial score (nSPS) is 12.6. The molecule has 0 saturated heterocycles. The highest BCUT2D eigenvalue weighted by Crippen LogP contribution is 2.32. The van der Waals surface area contributed by atoms with E-state index >= 15 is 0 Å². The summed E-state index contributed by atoms with van der Waals surface area (Å²) in [6, 6.07) is 4.12. The van der Waals surface area contributed by atoms with E-state index in [4.69, 9.17) is 0 Å². The van der Waals surface area contributed by atoms with Crippen molar-refractivity contribution in [3.63, 3.8) is 0 Å². The quantitative estimate of drug-likeness (QED) is 0.683. The molecule has 1 heterocycles. The molecule has 1 atom stereocenters. The fourth-order valence-corrected chi connectivity index (χ4v) is 4.14. The van der Waals surface area contributed by atoms with Gasteiger partial charge in [-0.25, -0.2) is 4.98 Å². The largest absolute Gasteiger partial charge is 0.301 e. The van der Waals surface area contributed by atoms with Crippen LogP contribution in [0.5, 0.6) is 0 Å². The van der Waals surface area contributed by atoms with Crippen molar-refractivity contribution in [2.75, 3.05) is 5.32 Å². The van der Waals surface area contributed by atoms with Crippen LogP contribution in [0.25, 0.3) is 10.2 Å². The molecule has 6 heteroatoms. The number of halogens is 2. The number of hydrogen-bond acceptors (Lipinski definition) is 3. The molecule has 2 aromatic rings. The van der Waals surface area contributed by atoms with E-state index in [-0.39, 0.29) is 10.7 Å². The molecule has 1 aromatic heterocycles. The van der Waals surface area contributed by atoms with E-state index in [1.54, 1.807) is 0 Å². The maximum absolute atomic E-state index is 12.0. The highest BCUT2D eigenvalue weighted by Gasteiger charge is 2.16. The van der Waals surface area contributed by atoms with Crippen molar-refractivity contribution in [2.45, 2.75) is 37.9 Å². The Labute approximate surface area is 139 Å².